The first-order valence-corrected chi connectivity index (χ1v) is 12.9. The molecule has 0 saturated carbocycles. The molecule has 0 heterocycles. The van der Waals surface area contributed by atoms with E-state index in [1.54, 1.807) is 69.3 Å². The van der Waals surface area contributed by atoms with Crippen LogP contribution in [0.5, 0.6) is 5.75 Å². The second-order valence-electron chi connectivity index (χ2n) is 7.89. The second-order valence-corrected chi connectivity index (χ2v) is 9.83. The second kappa shape index (κ2) is 12.2. The monoisotopic (exact) mass is 524 g/mol. The van der Waals surface area contributed by atoms with Crippen LogP contribution < -0.4 is 20.7 Å². The lowest BCUT2D eigenvalue weighted by molar-refractivity contribution is 0.112. The fourth-order valence-electron chi connectivity index (χ4n) is 3.47. The third-order valence-corrected chi connectivity index (χ3v) is 7.47. The van der Waals surface area contributed by atoms with Crippen LogP contribution in [0.4, 0.5) is 26.7 Å². The van der Waals surface area contributed by atoms with Gasteiger partial charge < -0.3 is 15.4 Å². The maximum Gasteiger partial charge on any atom is 0.417 e. The topological polar surface area (TPSA) is 134 Å². The first-order chi connectivity index (χ1) is 17.7. The summed E-state index contributed by atoms with van der Waals surface area (Å²) in [6.07, 6.45) is -0.176. The molecular formula is C26H28N4O6S. The number of anilines is 3. The zero-order chi connectivity index (χ0) is 27.0. The van der Waals surface area contributed by atoms with Gasteiger partial charge in [-0.3, -0.25) is 10.1 Å². The van der Waals surface area contributed by atoms with Gasteiger partial charge in [0, 0.05) is 30.0 Å². The highest BCUT2D eigenvalue weighted by molar-refractivity contribution is 7.89. The highest BCUT2D eigenvalue weighted by atomic mass is 32.2. The van der Waals surface area contributed by atoms with Gasteiger partial charge in [0.2, 0.25) is 10.0 Å². The molecule has 0 radical (unpaired) electrons. The first-order valence-electron chi connectivity index (χ1n) is 11.5. The van der Waals surface area contributed by atoms with Gasteiger partial charge in [0.1, 0.15) is 5.75 Å². The van der Waals surface area contributed by atoms with Crippen molar-refractivity contribution in [2.75, 3.05) is 29.0 Å². The van der Waals surface area contributed by atoms with Crippen molar-refractivity contribution in [3.05, 3.63) is 77.9 Å². The quantitative estimate of drug-likeness (QED) is 0.334. The van der Waals surface area contributed by atoms with Crippen molar-refractivity contribution >= 4 is 45.5 Å². The molecule has 37 heavy (non-hydrogen) atoms. The summed E-state index contributed by atoms with van der Waals surface area (Å²) in [4.78, 5) is 36.4. The highest BCUT2D eigenvalue weighted by Crippen LogP contribution is 2.24. The molecule has 3 aromatic carbocycles. The summed E-state index contributed by atoms with van der Waals surface area (Å²) in [5.41, 5.74) is 1.62. The van der Waals surface area contributed by atoms with Crippen molar-refractivity contribution in [3.8, 4) is 5.75 Å². The van der Waals surface area contributed by atoms with E-state index < -0.39 is 22.1 Å². The molecule has 3 amide bonds. The molecule has 0 aliphatic heterocycles. The number of carbonyl (C=O) groups excluding carboxylic acids is 3. The first kappa shape index (κ1) is 27.4. The maximum absolute atomic E-state index is 12.9. The summed E-state index contributed by atoms with van der Waals surface area (Å²) >= 11 is 0. The number of benzene rings is 3. The van der Waals surface area contributed by atoms with Gasteiger partial charge in [-0.05, 0) is 55.0 Å². The minimum atomic E-state index is -3.80. The number of aldehydes is 1. The molecule has 194 valence electrons. The lowest BCUT2D eigenvalue weighted by Gasteiger charge is -2.19. The smallest absolute Gasteiger partial charge is 0.410 e. The van der Waals surface area contributed by atoms with Crippen LogP contribution >= 0.6 is 0 Å². The number of hydrogen-bond acceptors (Lipinski definition) is 6. The number of carbonyl (C=O) groups is 3. The Labute approximate surface area is 215 Å². The van der Waals surface area contributed by atoms with Crippen LogP contribution in [0, 0.1) is 6.92 Å². The summed E-state index contributed by atoms with van der Waals surface area (Å²) in [5, 5.41) is 7.79. The van der Waals surface area contributed by atoms with E-state index in [2.05, 4.69) is 16.0 Å². The van der Waals surface area contributed by atoms with Crippen LogP contribution in [0.2, 0.25) is 0 Å². The van der Waals surface area contributed by atoms with Crippen LogP contribution in [-0.4, -0.2) is 44.2 Å². The minimum Gasteiger partial charge on any atom is -0.410 e. The van der Waals surface area contributed by atoms with Gasteiger partial charge in [-0.2, -0.15) is 4.31 Å². The van der Waals surface area contributed by atoms with Crippen molar-refractivity contribution in [1.82, 2.24) is 4.31 Å². The summed E-state index contributed by atoms with van der Waals surface area (Å²) in [5.74, 6) is 0.376. The Kier molecular flexibility index (Phi) is 8.99. The Balaban J connectivity index is 1.76. The average Bonchev–Trinajstić information content (AvgIpc) is 2.87. The van der Waals surface area contributed by atoms with Gasteiger partial charge in [0.15, 0.2) is 6.29 Å². The van der Waals surface area contributed by atoms with Crippen molar-refractivity contribution in [2.45, 2.75) is 25.7 Å². The molecule has 3 N–H and O–H groups in total. The lowest BCUT2D eigenvalue weighted by atomic mass is 10.2. The lowest BCUT2D eigenvalue weighted by Crippen LogP contribution is -2.30. The van der Waals surface area contributed by atoms with Gasteiger partial charge in [0.05, 0.1) is 10.6 Å². The summed E-state index contributed by atoms with van der Waals surface area (Å²) in [6.45, 7) is 5.76. The van der Waals surface area contributed by atoms with Crippen LogP contribution in [0.25, 0.3) is 0 Å². The normalized spacial score (nSPS) is 11.0. The van der Waals surface area contributed by atoms with E-state index in [9.17, 15) is 22.8 Å². The maximum atomic E-state index is 12.9. The molecule has 0 aliphatic rings. The molecule has 3 aromatic rings. The molecule has 0 saturated heterocycles. The summed E-state index contributed by atoms with van der Waals surface area (Å²) in [7, 11) is -3.80. The van der Waals surface area contributed by atoms with Crippen LogP contribution in [-0.2, 0) is 10.0 Å². The van der Waals surface area contributed by atoms with Crippen molar-refractivity contribution in [1.29, 1.82) is 0 Å². The predicted octanol–water partition coefficient (Wildman–Crippen LogP) is 5.09. The number of urea groups is 1. The third-order valence-electron chi connectivity index (χ3n) is 5.43. The van der Waals surface area contributed by atoms with E-state index in [-0.39, 0.29) is 29.2 Å². The molecule has 0 bridgehead atoms. The number of nitrogens with zero attached hydrogens (tertiary/aromatic N) is 1. The van der Waals surface area contributed by atoms with Gasteiger partial charge in [-0.1, -0.05) is 38.1 Å². The standard InChI is InChI=1S/C26H28N4O6S/c1-4-30(5-2)37(34,35)22-14-12-19(17-31)24(16-22)29-25(32)28-23-15-20(13-11-18(23)3)27-26(33)36-21-9-7-6-8-10-21/h6-17H,4-5H2,1-3H3,(H,27,33)(H2,28,29,32). The van der Waals surface area contributed by atoms with Crippen molar-refractivity contribution in [2.24, 2.45) is 0 Å². The Morgan fingerprint density at radius 3 is 2.22 bits per heavy atom. The van der Waals surface area contributed by atoms with Gasteiger partial charge in [0.25, 0.3) is 0 Å². The molecule has 11 heteroatoms. The van der Waals surface area contributed by atoms with E-state index in [1.165, 1.54) is 22.5 Å². The number of ether oxygens (including phenoxy) is 1. The fraction of sp³-hybridized carbons (Fsp3) is 0.192. The summed E-state index contributed by atoms with van der Waals surface area (Å²) < 4.78 is 32.2. The number of aryl methyl sites for hydroxylation is 1. The Bertz CT molecular complexity index is 1390. The molecular weight excluding hydrogens is 496 g/mol. The zero-order valence-corrected chi connectivity index (χ0v) is 21.5. The largest absolute Gasteiger partial charge is 0.417 e. The van der Waals surface area contributed by atoms with E-state index in [0.29, 0.717) is 29.0 Å². The summed E-state index contributed by atoms with van der Waals surface area (Å²) in [6, 6.07) is 16.7. The molecule has 0 fully saturated rings. The molecule has 3 rings (SSSR count). The molecule has 10 nitrogen and oxygen atoms in total. The average molecular weight is 525 g/mol. The zero-order valence-electron chi connectivity index (χ0n) is 20.6. The molecule has 0 spiro atoms. The van der Waals surface area contributed by atoms with Crippen LogP contribution in [0.15, 0.2) is 71.6 Å². The molecule has 0 aromatic heterocycles. The van der Waals surface area contributed by atoms with E-state index in [0.717, 1.165) is 0 Å². The Morgan fingerprint density at radius 1 is 0.892 bits per heavy atom. The Morgan fingerprint density at radius 2 is 1.57 bits per heavy atom. The molecule has 0 atom stereocenters. The van der Waals surface area contributed by atoms with Crippen molar-refractivity contribution < 1.29 is 27.5 Å². The van der Waals surface area contributed by atoms with Gasteiger partial charge >= 0.3 is 12.1 Å². The minimum absolute atomic E-state index is 0.0408. The van der Waals surface area contributed by atoms with Crippen molar-refractivity contribution in [3.63, 3.8) is 0 Å². The SMILES string of the molecule is CCN(CC)S(=O)(=O)c1ccc(C=O)c(NC(=O)Nc2cc(NC(=O)Oc3ccccc3)ccc2C)c1. The number of hydrogen-bond donors (Lipinski definition) is 3. The van der Waals surface area contributed by atoms with E-state index in [4.69, 9.17) is 4.74 Å². The Hall–Kier alpha value is -4.22. The fourth-order valence-corrected chi connectivity index (χ4v) is 4.95. The van der Waals surface area contributed by atoms with Crippen LogP contribution in [0.1, 0.15) is 29.8 Å². The molecule has 0 aliphatic carbocycles. The van der Waals surface area contributed by atoms with E-state index in [1.807, 2.05) is 0 Å². The number of amides is 3. The van der Waals surface area contributed by atoms with Gasteiger partial charge in [-0.15, -0.1) is 0 Å². The predicted molar refractivity (Wildman–Crippen MR) is 142 cm³/mol. The molecule has 0 unspecified atom stereocenters. The number of para-hydroxylation sites is 1. The van der Waals surface area contributed by atoms with Gasteiger partial charge in [-0.25, -0.2) is 18.0 Å². The third kappa shape index (κ3) is 6.93. The number of rotatable bonds is 9. The number of nitrogens with one attached hydrogen (secondary N) is 3. The van der Waals surface area contributed by atoms with E-state index >= 15 is 0 Å². The number of sulfonamides is 1. The van der Waals surface area contributed by atoms with Crippen LogP contribution in [0.3, 0.4) is 0 Å². The highest BCUT2D eigenvalue weighted by Gasteiger charge is 2.23.